The maximum Gasteiger partial charge on any atom is 0.291 e. The fourth-order valence-corrected chi connectivity index (χ4v) is 3.97. The van der Waals surface area contributed by atoms with Crippen LogP contribution in [-0.4, -0.2) is 37.0 Å². The highest BCUT2D eigenvalue weighted by atomic mass is 35.5. The predicted octanol–water partition coefficient (Wildman–Crippen LogP) is 6.83. The van der Waals surface area contributed by atoms with Crippen molar-refractivity contribution in [2.24, 2.45) is 0 Å². The van der Waals surface area contributed by atoms with Crippen LogP contribution in [0.2, 0.25) is 10.0 Å². The Morgan fingerprint density at radius 1 is 0.973 bits per heavy atom. The molecule has 8 heteroatoms. The van der Waals surface area contributed by atoms with Crippen LogP contribution in [0.15, 0.2) is 89.4 Å². The maximum atomic E-state index is 12.6. The van der Waals surface area contributed by atoms with Crippen molar-refractivity contribution < 1.29 is 19.1 Å². The summed E-state index contributed by atoms with van der Waals surface area (Å²) in [6.45, 7) is 0.628. The molecule has 37 heavy (non-hydrogen) atoms. The number of anilines is 2. The van der Waals surface area contributed by atoms with Gasteiger partial charge in [-0.15, -0.1) is 0 Å². The number of amides is 1. The molecule has 0 saturated carbocycles. The van der Waals surface area contributed by atoms with Crippen molar-refractivity contribution in [2.45, 2.75) is 0 Å². The Kier molecular flexibility index (Phi) is 8.46. The minimum atomic E-state index is -0.434. The quantitative estimate of drug-likeness (QED) is 0.181. The molecule has 4 rings (SSSR count). The predicted molar refractivity (Wildman–Crippen MR) is 149 cm³/mol. The molecule has 0 aliphatic rings. The van der Waals surface area contributed by atoms with Crippen LogP contribution < -0.4 is 10.2 Å². The van der Waals surface area contributed by atoms with Gasteiger partial charge in [-0.2, -0.15) is 0 Å². The molecule has 4 aromatic rings. The van der Waals surface area contributed by atoms with Crippen LogP contribution in [0.1, 0.15) is 26.5 Å². The molecular weight excluding hydrogens is 511 g/mol. The van der Waals surface area contributed by atoms with E-state index in [1.165, 1.54) is 6.08 Å². The van der Waals surface area contributed by atoms with Gasteiger partial charge in [0.05, 0.1) is 11.6 Å². The van der Waals surface area contributed by atoms with Gasteiger partial charge in [-0.3, -0.25) is 9.59 Å². The molecule has 0 spiro atoms. The highest BCUT2D eigenvalue weighted by Gasteiger charge is 2.15. The Balaban J connectivity index is 1.37. The lowest BCUT2D eigenvalue weighted by molar-refractivity contribution is 0.0996. The molecule has 0 atom stereocenters. The van der Waals surface area contributed by atoms with Gasteiger partial charge in [-0.25, -0.2) is 0 Å². The minimum Gasteiger partial charge on any atom is -0.451 e. The average molecular weight is 535 g/mol. The molecule has 1 aromatic heterocycles. The second-order valence-corrected chi connectivity index (χ2v) is 9.10. The molecule has 3 aromatic carbocycles. The van der Waals surface area contributed by atoms with Gasteiger partial charge in [0.2, 0.25) is 0 Å². The van der Waals surface area contributed by atoms with Gasteiger partial charge >= 0.3 is 0 Å². The van der Waals surface area contributed by atoms with Crippen LogP contribution in [0.3, 0.4) is 0 Å². The number of nitrogens with one attached hydrogen (secondary N) is 1. The molecule has 0 aliphatic carbocycles. The smallest absolute Gasteiger partial charge is 0.291 e. The summed E-state index contributed by atoms with van der Waals surface area (Å²) in [5.74, 6) is -0.0511. The fraction of sp³-hybridized carbons (Fsp3) is 0.103. The van der Waals surface area contributed by atoms with Gasteiger partial charge in [0.25, 0.3) is 5.91 Å². The van der Waals surface area contributed by atoms with Crippen molar-refractivity contribution in [3.8, 4) is 11.3 Å². The fourth-order valence-electron chi connectivity index (χ4n) is 3.59. The first kappa shape index (κ1) is 26.2. The number of hydrogen-bond donors (Lipinski definition) is 2. The van der Waals surface area contributed by atoms with Crippen molar-refractivity contribution in [3.63, 3.8) is 0 Å². The molecule has 2 N–H and O–H groups in total. The van der Waals surface area contributed by atoms with E-state index in [4.69, 9.17) is 32.7 Å². The minimum absolute atomic E-state index is 0.0816. The van der Waals surface area contributed by atoms with E-state index in [0.29, 0.717) is 39.2 Å². The van der Waals surface area contributed by atoms with Gasteiger partial charge in [0.1, 0.15) is 5.76 Å². The van der Waals surface area contributed by atoms with E-state index < -0.39 is 5.91 Å². The van der Waals surface area contributed by atoms with Gasteiger partial charge in [0.15, 0.2) is 11.5 Å². The molecule has 0 radical (unpaired) electrons. The number of carbonyl (C=O) groups is 2. The number of ketones is 1. The lowest BCUT2D eigenvalue weighted by Gasteiger charge is -2.17. The number of hydrogen-bond acceptors (Lipinski definition) is 5. The normalized spacial score (nSPS) is 11.0. The number of benzene rings is 3. The second-order valence-electron chi connectivity index (χ2n) is 8.25. The van der Waals surface area contributed by atoms with Crippen molar-refractivity contribution in [2.75, 3.05) is 30.4 Å². The number of allylic oxidation sites excluding steroid dienone is 1. The Hall–Kier alpha value is -3.84. The zero-order valence-electron chi connectivity index (χ0n) is 19.9. The lowest BCUT2D eigenvalue weighted by atomic mass is 10.1. The summed E-state index contributed by atoms with van der Waals surface area (Å²) in [6.07, 6.45) is 3.25. The molecule has 0 fully saturated rings. The monoisotopic (exact) mass is 534 g/mol. The van der Waals surface area contributed by atoms with E-state index in [-0.39, 0.29) is 18.2 Å². The molecule has 0 saturated heterocycles. The molecule has 0 unspecified atom stereocenters. The van der Waals surface area contributed by atoms with E-state index in [0.717, 1.165) is 11.3 Å². The Morgan fingerprint density at radius 2 is 1.70 bits per heavy atom. The molecule has 188 valence electrons. The zero-order valence-corrected chi connectivity index (χ0v) is 21.5. The summed E-state index contributed by atoms with van der Waals surface area (Å²) in [5.41, 5.74) is 3.47. The van der Waals surface area contributed by atoms with E-state index in [1.54, 1.807) is 60.7 Å². The highest BCUT2D eigenvalue weighted by molar-refractivity contribution is 6.35. The Labute approximate surface area is 224 Å². The number of nitrogens with zero attached hydrogens (tertiary/aromatic N) is 1. The Bertz CT molecular complexity index is 1430. The first-order valence-electron chi connectivity index (χ1n) is 11.4. The van der Waals surface area contributed by atoms with Crippen LogP contribution in [0, 0.1) is 0 Å². The molecule has 0 aliphatic heterocycles. The van der Waals surface area contributed by atoms with Crippen LogP contribution in [0.5, 0.6) is 0 Å². The van der Waals surface area contributed by atoms with E-state index in [1.807, 2.05) is 36.2 Å². The molecule has 6 nitrogen and oxygen atoms in total. The topological polar surface area (TPSA) is 82.8 Å². The van der Waals surface area contributed by atoms with Crippen LogP contribution in [0.4, 0.5) is 11.4 Å². The number of aliphatic hydroxyl groups excluding tert-OH is 1. The number of aliphatic hydroxyl groups is 1. The third-order valence-corrected chi connectivity index (χ3v) is 6.21. The van der Waals surface area contributed by atoms with Crippen molar-refractivity contribution in [1.29, 1.82) is 0 Å². The zero-order chi connectivity index (χ0) is 26.4. The van der Waals surface area contributed by atoms with Gasteiger partial charge < -0.3 is 19.7 Å². The number of rotatable bonds is 9. The number of furan rings is 1. The van der Waals surface area contributed by atoms with E-state index in [2.05, 4.69) is 5.32 Å². The standard InChI is InChI=1S/C29H24Cl2N2O4/c1-33(16-17-34)23-10-2-19(3-11-23)4-13-26(35)20-5-8-22(9-6-20)32-29(36)28-15-14-27(37-28)24-18-21(30)7-12-25(24)31/h2-15,18,34H,16-17H2,1H3,(H,32,36)/b13-4+. The summed E-state index contributed by atoms with van der Waals surface area (Å²) < 4.78 is 5.68. The number of likely N-dealkylation sites (N-methyl/N-ethyl adjacent to an activating group) is 1. The average Bonchev–Trinajstić information content (AvgIpc) is 3.40. The summed E-state index contributed by atoms with van der Waals surface area (Å²) in [7, 11) is 1.90. The highest BCUT2D eigenvalue weighted by Crippen LogP contribution is 2.32. The molecular formula is C29H24Cl2N2O4. The van der Waals surface area contributed by atoms with Crippen LogP contribution in [0.25, 0.3) is 17.4 Å². The van der Waals surface area contributed by atoms with Gasteiger partial charge in [-0.05, 0) is 78.4 Å². The summed E-state index contributed by atoms with van der Waals surface area (Å²) in [5, 5.41) is 12.8. The van der Waals surface area contributed by atoms with E-state index >= 15 is 0 Å². The number of halogens is 2. The largest absolute Gasteiger partial charge is 0.451 e. The first-order valence-corrected chi connectivity index (χ1v) is 12.2. The Morgan fingerprint density at radius 3 is 2.41 bits per heavy atom. The van der Waals surface area contributed by atoms with E-state index in [9.17, 15) is 9.59 Å². The summed E-state index contributed by atoms with van der Waals surface area (Å²) >= 11 is 12.3. The second kappa shape index (κ2) is 11.9. The van der Waals surface area contributed by atoms with Crippen molar-refractivity contribution >= 4 is 52.3 Å². The molecule has 1 amide bonds. The summed E-state index contributed by atoms with van der Waals surface area (Å²) in [6, 6.07) is 22.5. The summed E-state index contributed by atoms with van der Waals surface area (Å²) in [4.78, 5) is 27.2. The van der Waals surface area contributed by atoms with Gasteiger partial charge in [-0.1, -0.05) is 41.4 Å². The third-order valence-electron chi connectivity index (χ3n) is 5.65. The lowest BCUT2D eigenvalue weighted by Crippen LogP contribution is -2.20. The van der Waals surface area contributed by atoms with Crippen molar-refractivity contribution in [1.82, 2.24) is 0 Å². The van der Waals surface area contributed by atoms with Crippen LogP contribution >= 0.6 is 23.2 Å². The first-order chi connectivity index (χ1) is 17.8. The molecule has 0 bridgehead atoms. The SMILES string of the molecule is CN(CCO)c1ccc(/C=C/C(=O)c2ccc(NC(=O)c3ccc(-c4cc(Cl)ccc4Cl)o3)cc2)cc1. The number of carbonyl (C=O) groups excluding carboxylic acids is 2. The van der Waals surface area contributed by atoms with Crippen molar-refractivity contribution in [3.05, 3.63) is 112 Å². The van der Waals surface area contributed by atoms with Crippen LogP contribution in [-0.2, 0) is 0 Å². The third kappa shape index (κ3) is 6.68. The van der Waals surface area contributed by atoms with Gasteiger partial charge in [0, 0.05) is 41.1 Å². The molecule has 1 heterocycles. The maximum absolute atomic E-state index is 12.6.